The van der Waals surface area contributed by atoms with Gasteiger partial charge in [0.1, 0.15) is 12.4 Å². The van der Waals surface area contributed by atoms with Crippen LogP contribution >= 0.6 is 11.6 Å². The molecule has 0 aliphatic carbocycles. The van der Waals surface area contributed by atoms with Crippen molar-refractivity contribution in [1.82, 2.24) is 20.0 Å². The minimum absolute atomic E-state index is 0.0191. The Kier molecular flexibility index (Phi) is 5.95. The highest BCUT2D eigenvalue weighted by atomic mass is 35.5. The van der Waals surface area contributed by atoms with E-state index in [-0.39, 0.29) is 18.3 Å². The van der Waals surface area contributed by atoms with E-state index in [0.717, 1.165) is 5.69 Å². The van der Waals surface area contributed by atoms with E-state index in [1.807, 2.05) is 18.1 Å². The van der Waals surface area contributed by atoms with Crippen molar-refractivity contribution in [3.8, 4) is 0 Å². The van der Waals surface area contributed by atoms with Gasteiger partial charge in [-0.25, -0.2) is 4.39 Å². The van der Waals surface area contributed by atoms with E-state index in [0.29, 0.717) is 42.6 Å². The summed E-state index contributed by atoms with van der Waals surface area (Å²) in [6, 6.07) is 4.65. The van der Waals surface area contributed by atoms with Crippen molar-refractivity contribution in [2.75, 3.05) is 38.1 Å². The van der Waals surface area contributed by atoms with Gasteiger partial charge in [-0.3, -0.25) is 14.5 Å². The maximum Gasteiger partial charge on any atom is 0.246 e. The highest BCUT2D eigenvalue weighted by Gasteiger charge is 2.27. The molecule has 1 fully saturated rings. The first-order valence-electron chi connectivity index (χ1n) is 8.67. The fraction of sp³-hybridized carbons (Fsp3) is 0.389. The number of nitrogens with one attached hydrogen (secondary N) is 1. The first kappa shape index (κ1) is 19.2. The first-order valence-corrected chi connectivity index (χ1v) is 9.05. The summed E-state index contributed by atoms with van der Waals surface area (Å²) >= 11 is 6.06. The molecule has 3 rings (SSSR count). The average Bonchev–Trinajstić information content (AvgIpc) is 3.07. The normalized spacial score (nSPS) is 15.4. The van der Waals surface area contributed by atoms with E-state index in [2.05, 4.69) is 15.4 Å². The van der Waals surface area contributed by atoms with Crippen molar-refractivity contribution in [3.63, 3.8) is 0 Å². The number of carbonyl (C=O) groups is 1. The minimum Gasteiger partial charge on any atom is -0.356 e. The maximum atomic E-state index is 13.9. The van der Waals surface area contributed by atoms with Crippen LogP contribution in [0, 0.1) is 5.82 Å². The molecule has 1 N–H and O–H groups in total. The van der Waals surface area contributed by atoms with Crippen LogP contribution in [0.5, 0.6) is 0 Å². The number of rotatable bonds is 4. The van der Waals surface area contributed by atoms with Gasteiger partial charge in [0.25, 0.3) is 0 Å². The molecule has 0 unspecified atom stereocenters. The Morgan fingerprint density at radius 1 is 1.41 bits per heavy atom. The van der Waals surface area contributed by atoms with Crippen LogP contribution in [-0.2, 0) is 18.3 Å². The number of benzene rings is 1. The smallest absolute Gasteiger partial charge is 0.246 e. The number of halogens is 2. The molecular weight excluding hydrogens is 371 g/mol. The number of aryl methyl sites for hydroxylation is 1. The minimum atomic E-state index is -0.320. The van der Waals surface area contributed by atoms with Gasteiger partial charge in [-0.15, -0.1) is 0 Å². The van der Waals surface area contributed by atoms with Crippen LogP contribution in [0.2, 0.25) is 5.02 Å². The van der Waals surface area contributed by atoms with Gasteiger partial charge in [-0.1, -0.05) is 17.7 Å². The van der Waals surface area contributed by atoms with Gasteiger partial charge in [0.05, 0.1) is 11.9 Å². The summed E-state index contributed by atoms with van der Waals surface area (Å²) in [4.78, 5) is 20.4. The number of nitrogens with zero attached hydrogens (tertiary/aromatic N) is 5. The Labute approximate surface area is 162 Å². The quantitative estimate of drug-likeness (QED) is 0.635. The van der Waals surface area contributed by atoms with Gasteiger partial charge in [-0.2, -0.15) is 5.10 Å². The van der Waals surface area contributed by atoms with Gasteiger partial charge in [0, 0.05) is 50.5 Å². The van der Waals surface area contributed by atoms with Crippen molar-refractivity contribution in [3.05, 3.63) is 47.0 Å². The van der Waals surface area contributed by atoms with Gasteiger partial charge in [0.2, 0.25) is 5.91 Å². The molecule has 0 atom stereocenters. The molecule has 7 nitrogen and oxygen atoms in total. The Morgan fingerprint density at radius 2 is 2.22 bits per heavy atom. The van der Waals surface area contributed by atoms with Gasteiger partial charge in [0.15, 0.2) is 5.96 Å². The molecule has 1 aromatic carbocycles. The third kappa shape index (κ3) is 4.39. The molecule has 1 saturated heterocycles. The topological polar surface area (TPSA) is 65.8 Å². The first-order chi connectivity index (χ1) is 13.0. The molecule has 2 aromatic rings. The lowest BCUT2D eigenvalue weighted by Gasteiger charge is -2.35. The molecule has 1 aromatic heterocycles. The summed E-state index contributed by atoms with van der Waals surface area (Å²) in [7, 11) is 3.48. The second-order valence-corrected chi connectivity index (χ2v) is 6.67. The van der Waals surface area contributed by atoms with Crippen LogP contribution in [0.4, 0.5) is 10.1 Å². The largest absolute Gasteiger partial charge is 0.356 e. The SMILES string of the molecule is CN=C(NCCc1c(F)cccc1Cl)N1CCN(c2cnn(C)c2)C(=O)C1. The molecule has 0 saturated carbocycles. The summed E-state index contributed by atoms with van der Waals surface area (Å²) in [6.07, 6.45) is 3.92. The summed E-state index contributed by atoms with van der Waals surface area (Å²) < 4.78 is 15.5. The molecule has 27 heavy (non-hydrogen) atoms. The molecule has 1 amide bonds. The van der Waals surface area contributed by atoms with Crippen molar-refractivity contribution < 1.29 is 9.18 Å². The third-order valence-corrected chi connectivity index (χ3v) is 4.81. The predicted molar refractivity (Wildman–Crippen MR) is 104 cm³/mol. The number of carbonyl (C=O) groups excluding carboxylic acids is 1. The molecule has 0 radical (unpaired) electrons. The van der Waals surface area contributed by atoms with E-state index in [4.69, 9.17) is 11.6 Å². The summed E-state index contributed by atoms with van der Waals surface area (Å²) in [5, 5.41) is 7.71. The van der Waals surface area contributed by atoms with E-state index in [1.165, 1.54) is 6.07 Å². The lowest BCUT2D eigenvalue weighted by molar-refractivity contribution is -0.120. The molecule has 1 aliphatic heterocycles. The second kappa shape index (κ2) is 8.39. The molecule has 1 aliphatic rings. The molecule has 0 bridgehead atoms. The lowest BCUT2D eigenvalue weighted by atomic mass is 10.1. The molecule has 144 valence electrons. The molecule has 0 spiro atoms. The van der Waals surface area contributed by atoms with E-state index in [1.54, 1.807) is 35.0 Å². The number of aromatic nitrogens is 2. The number of anilines is 1. The maximum absolute atomic E-state index is 13.9. The molecular formula is C18H22ClFN6O. The Hall–Kier alpha value is -2.61. The summed E-state index contributed by atoms with van der Waals surface area (Å²) in [5.41, 5.74) is 1.26. The highest BCUT2D eigenvalue weighted by molar-refractivity contribution is 6.31. The van der Waals surface area contributed by atoms with Crippen LogP contribution in [0.3, 0.4) is 0 Å². The van der Waals surface area contributed by atoms with E-state index < -0.39 is 0 Å². The number of amides is 1. The summed E-state index contributed by atoms with van der Waals surface area (Å²) in [5.74, 6) is 0.274. The fourth-order valence-electron chi connectivity index (χ4n) is 3.08. The zero-order valence-electron chi connectivity index (χ0n) is 15.3. The number of hydrogen-bond donors (Lipinski definition) is 1. The number of aliphatic imine (C=N–C) groups is 1. The zero-order valence-corrected chi connectivity index (χ0v) is 16.1. The Balaban J connectivity index is 1.56. The van der Waals surface area contributed by atoms with Crippen LogP contribution in [0.1, 0.15) is 5.56 Å². The highest BCUT2D eigenvalue weighted by Crippen LogP contribution is 2.19. The van der Waals surface area contributed by atoms with Crippen LogP contribution < -0.4 is 10.2 Å². The van der Waals surface area contributed by atoms with Crippen molar-refractivity contribution >= 4 is 29.2 Å². The van der Waals surface area contributed by atoms with Crippen molar-refractivity contribution in [2.24, 2.45) is 12.0 Å². The number of guanidine groups is 1. The van der Waals surface area contributed by atoms with E-state index >= 15 is 0 Å². The number of piperazine rings is 1. The van der Waals surface area contributed by atoms with Gasteiger partial charge in [-0.05, 0) is 18.6 Å². The van der Waals surface area contributed by atoms with Crippen LogP contribution in [0.15, 0.2) is 35.6 Å². The Bertz CT molecular complexity index is 832. The fourth-order valence-corrected chi connectivity index (χ4v) is 3.33. The van der Waals surface area contributed by atoms with Crippen LogP contribution in [0.25, 0.3) is 0 Å². The summed E-state index contributed by atoms with van der Waals surface area (Å²) in [6.45, 7) is 1.87. The molecule has 9 heteroatoms. The standard InChI is InChI=1S/C18H22ClFN6O/c1-21-18(22-7-6-14-15(19)4-3-5-16(14)20)25-8-9-26(17(27)12-25)13-10-23-24(2)11-13/h3-5,10-11H,6-9,12H2,1-2H3,(H,21,22). The van der Waals surface area contributed by atoms with Gasteiger partial charge >= 0.3 is 0 Å². The van der Waals surface area contributed by atoms with Gasteiger partial charge < -0.3 is 15.1 Å². The molecule has 2 heterocycles. The zero-order chi connectivity index (χ0) is 19.4. The van der Waals surface area contributed by atoms with Crippen molar-refractivity contribution in [1.29, 1.82) is 0 Å². The Morgan fingerprint density at radius 3 is 2.85 bits per heavy atom. The average molecular weight is 393 g/mol. The predicted octanol–water partition coefficient (Wildman–Crippen LogP) is 1.68. The number of hydrogen-bond acceptors (Lipinski definition) is 3. The van der Waals surface area contributed by atoms with Crippen molar-refractivity contribution in [2.45, 2.75) is 6.42 Å². The van der Waals surface area contributed by atoms with Crippen LogP contribution in [-0.4, -0.2) is 59.8 Å². The monoisotopic (exact) mass is 392 g/mol. The van der Waals surface area contributed by atoms with E-state index in [9.17, 15) is 9.18 Å². The third-order valence-electron chi connectivity index (χ3n) is 4.45. The lowest BCUT2D eigenvalue weighted by Crippen LogP contribution is -2.55. The second-order valence-electron chi connectivity index (χ2n) is 6.26.